The number of benzene rings is 3. The van der Waals surface area contributed by atoms with Crippen molar-refractivity contribution in [1.82, 2.24) is 5.32 Å². The van der Waals surface area contributed by atoms with Crippen molar-refractivity contribution in [3.8, 4) is 23.0 Å². The summed E-state index contributed by atoms with van der Waals surface area (Å²) in [6.45, 7) is 2.04. The lowest BCUT2D eigenvalue weighted by Gasteiger charge is -2.18. The molecule has 0 aromatic heterocycles. The molecule has 0 saturated heterocycles. The summed E-state index contributed by atoms with van der Waals surface area (Å²) >= 11 is 0. The minimum atomic E-state index is -0.813. The van der Waals surface area contributed by atoms with Gasteiger partial charge in [0.2, 0.25) is 0 Å². The fraction of sp³-hybridized carbons (Fsp3) is 0.259. The summed E-state index contributed by atoms with van der Waals surface area (Å²) in [5.41, 5.74) is 1.75. The Kier molecular flexibility index (Phi) is 8.95. The number of methoxy groups -OCH3 is 3. The summed E-state index contributed by atoms with van der Waals surface area (Å²) in [4.78, 5) is 25.6. The first-order valence-electron chi connectivity index (χ1n) is 11.2. The molecule has 35 heavy (non-hydrogen) atoms. The second-order valence-electron chi connectivity index (χ2n) is 7.64. The molecule has 8 heteroatoms. The first-order valence-corrected chi connectivity index (χ1v) is 11.2. The van der Waals surface area contributed by atoms with Crippen LogP contribution in [0.25, 0.3) is 0 Å². The predicted molar refractivity (Wildman–Crippen MR) is 134 cm³/mol. The van der Waals surface area contributed by atoms with Crippen LogP contribution in [0.2, 0.25) is 0 Å². The van der Waals surface area contributed by atoms with Crippen LogP contribution in [0, 0.1) is 0 Å². The van der Waals surface area contributed by atoms with Gasteiger partial charge >= 0.3 is 0 Å². The van der Waals surface area contributed by atoms with Gasteiger partial charge in [-0.2, -0.15) is 0 Å². The minimum Gasteiger partial charge on any atom is -0.493 e. The second kappa shape index (κ2) is 12.3. The van der Waals surface area contributed by atoms with Crippen LogP contribution in [0.3, 0.4) is 0 Å². The molecule has 3 rings (SSSR count). The van der Waals surface area contributed by atoms with Gasteiger partial charge in [-0.25, -0.2) is 0 Å². The first kappa shape index (κ1) is 25.4. The van der Waals surface area contributed by atoms with Crippen molar-refractivity contribution in [2.24, 2.45) is 0 Å². The third-order valence-corrected chi connectivity index (χ3v) is 5.32. The van der Waals surface area contributed by atoms with Gasteiger partial charge in [0.25, 0.3) is 11.8 Å². The summed E-state index contributed by atoms with van der Waals surface area (Å²) < 4.78 is 21.6. The van der Waals surface area contributed by atoms with Crippen molar-refractivity contribution >= 4 is 17.5 Å². The Hall–Kier alpha value is -4.20. The maximum Gasteiger partial charge on any atom is 0.265 e. The number of carbonyl (C=O) groups is 2. The van der Waals surface area contributed by atoms with Gasteiger partial charge in [0.1, 0.15) is 0 Å². The molecule has 0 spiro atoms. The molecule has 0 aliphatic rings. The summed E-state index contributed by atoms with van der Waals surface area (Å²) in [5, 5.41) is 5.69. The molecule has 0 heterocycles. The number of hydrogen-bond acceptors (Lipinski definition) is 6. The minimum absolute atomic E-state index is 0.292. The normalized spacial score (nSPS) is 11.2. The SMILES string of the molecule is COc1ccc(CCNC(=O)c2ccccc2NC(=O)[C@H](C)Oc2ccccc2OC)cc1OC. The summed E-state index contributed by atoms with van der Waals surface area (Å²) in [5.74, 6) is 1.59. The van der Waals surface area contributed by atoms with Gasteiger partial charge in [0, 0.05) is 6.54 Å². The zero-order valence-corrected chi connectivity index (χ0v) is 20.3. The maximum atomic E-state index is 12.9. The van der Waals surface area contributed by atoms with Crippen LogP contribution >= 0.6 is 0 Å². The number of anilines is 1. The van der Waals surface area contributed by atoms with Crippen molar-refractivity contribution in [2.75, 3.05) is 33.2 Å². The van der Waals surface area contributed by atoms with Gasteiger partial charge in [0.15, 0.2) is 29.1 Å². The van der Waals surface area contributed by atoms with Crippen LogP contribution in [0.5, 0.6) is 23.0 Å². The predicted octanol–water partition coefficient (Wildman–Crippen LogP) is 4.09. The van der Waals surface area contributed by atoms with Crippen LogP contribution < -0.4 is 29.6 Å². The molecule has 184 valence electrons. The average molecular weight is 479 g/mol. The van der Waals surface area contributed by atoms with Crippen molar-refractivity contribution in [2.45, 2.75) is 19.4 Å². The van der Waals surface area contributed by atoms with Gasteiger partial charge in [-0.05, 0) is 55.3 Å². The zero-order chi connectivity index (χ0) is 25.2. The average Bonchev–Trinajstić information content (AvgIpc) is 2.89. The Morgan fingerprint density at radius 3 is 2.14 bits per heavy atom. The molecule has 2 amide bonds. The number of nitrogens with one attached hydrogen (secondary N) is 2. The third kappa shape index (κ3) is 6.66. The number of hydrogen-bond donors (Lipinski definition) is 2. The molecule has 0 fully saturated rings. The molecule has 0 aliphatic heterocycles. The van der Waals surface area contributed by atoms with E-state index in [4.69, 9.17) is 18.9 Å². The number of amides is 2. The summed E-state index contributed by atoms with van der Waals surface area (Å²) in [6.07, 6.45) is -0.211. The Balaban J connectivity index is 1.60. The Labute approximate surface area is 205 Å². The van der Waals surface area contributed by atoms with Crippen LogP contribution in [0.4, 0.5) is 5.69 Å². The van der Waals surface area contributed by atoms with Crippen LogP contribution in [0.15, 0.2) is 66.7 Å². The Bertz CT molecular complexity index is 1160. The lowest BCUT2D eigenvalue weighted by molar-refractivity contribution is -0.122. The van der Waals surface area contributed by atoms with Gasteiger partial charge in [-0.3, -0.25) is 9.59 Å². The molecule has 1 atom stereocenters. The Morgan fingerprint density at radius 1 is 0.800 bits per heavy atom. The van der Waals surface area contributed by atoms with Crippen LogP contribution in [0.1, 0.15) is 22.8 Å². The van der Waals surface area contributed by atoms with E-state index >= 15 is 0 Å². The van der Waals surface area contributed by atoms with Crippen molar-refractivity contribution in [3.63, 3.8) is 0 Å². The molecule has 8 nitrogen and oxygen atoms in total. The van der Waals surface area contributed by atoms with E-state index < -0.39 is 6.10 Å². The van der Waals surface area contributed by atoms with Crippen LogP contribution in [-0.2, 0) is 11.2 Å². The number of carbonyl (C=O) groups excluding carboxylic acids is 2. The number of para-hydroxylation sites is 3. The smallest absolute Gasteiger partial charge is 0.265 e. The van der Waals surface area contributed by atoms with E-state index in [0.29, 0.717) is 47.2 Å². The molecule has 3 aromatic rings. The monoisotopic (exact) mass is 478 g/mol. The highest BCUT2D eigenvalue weighted by Crippen LogP contribution is 2.28. The van der Waals surface area contributed by atoms with E-state index in [1.54, 1.807) is 63.6 Å². The molecule has 2 N–H and O–H groups in total. The van der Waals surface area contributed by atoms with E-state index in [2.05, 4.69) is 10.6 Å². The highest BCUT2D eigenvalue weighted by Gasteiger charge is 2.19. The molecule has 0 unspecified atom stereocenters. The number of ether oxygens (including phenoxy) is 4. The third-order valence-electron chi connectivity index (χ3n) is 5.32. The van der Waals surface area contributed by atoms with Crippen molar-refractivity contribution in [1.29, 1.82) is 0 Å². The van der Waals surface area contributed by atoms with Crippen molar-refractivity contribution in [3.05, 3.63) is 77.9 Å². The summed E-state index contributed by atoms with van der Waals surface area (Å²) in [7, 11) is 4.70. The van der Waals surface area contributed by atoms with Crippen molar-refractivity contribution < 1.29 is 28.5 Å². The molecule has 0 radical (unpaired) electrons. The van der Waals surface area contributed by atoms with E-state index in [-0.39, 0.29) is 11.8 Å². The van der Waals surface area contributed by atoms with Gasteiger partial charge in [0.05, 0.1) is 32.6 Å². The number of rotatable bonds is 11. The molecular weight excluding hydrogens is 448 g/mol. The highest BCUT2D eigenvalue weighted by molar-refractivity contribution is 6.04. The fourth-order valence-electron chi connectivity index (χ4n) is 3.44. The molecule has 3 aromatic carbocycles. The standard InChI is InChI=1S/C27H30N2O6/c1-18(35-24-12-8-7-11-22(24)32-2)26(30)29-21-10-6-5-9-20(21)27(31)28-16-15-19-13-14-23(33-3)25(17-19)34-4/h5-14,17-18H,15-16H2,1-4H3,(H,28,31)(H,29,30)/t18-/m0/s1. The van der Waals surface area contributed by atoms with Gasteiger partial charge in [-0.15, -0.1) is 0 Å². The first-order chi connectivity index (χ1) is 17.0. The Morgan fingerprint density at radius 2 is 1.43 bits per heavy atom. The summed E-state index contributed by atoms with van der Waals surface area (Å²) in [6, 6.07) is 19.5. The van der Waals surface area contributed by atoms with E-state index in [0.717, 1.165) is 5.56 Å². The zero-order valence-electron chi connectivity index (χ0n) is 20.3. The topological polar surface area (TPSA) is 95.1 Å². The van der Waals surface area contributed by atoms with Gasteiger partial charge in [-0.1, -0.05) is 30.3 Å². The molecule has 0 bridgehead atoms. The fourth-order valence-corrected chi connectivity index (χ4v) is 3.44. The molecule has 0 saturated carbocycles. The van der Waals surface area contributed by atoms with E-state index in [1.807, 2.05) is 24.3 Å². The van der Waals surface area contributed by atoms with E-state index in [9.17, 15) is 9.59 Å². The second-order valence-corrected chi connectivity index (χ2v) is 7.64. The quantitative estimate of drug-likeness (QED) is 0.431. The lowest BCUT2D eigenvalue weighted by Crippen LogP contribution is -2.32. The molecule has 0 aliphatic carbocycles. The largest absolute Gasteiger partial charge is 0.493 e. The van der Waals surface area contributed by atoms with Gasteiger partial charge < -0.3 is 29.6 Å². The highest BCUT2D eigenvalue weighted by atomic mass is 16.5. The van der Waals surface area contributed by atoms with Crippen LogP contribution in [-0.4, -0.2) is 45.8 Å². The molecular formula is C27H30N2O6. The van der Waals surface area contributed by atoms with E-state index in [1.165, 1.54) is 7.11 Å². The lowest BCUT2D eigenvalue weighted by atomic mass is 10.1. The maximum absolute atomic E-state index is 12.9.